The largest absolute Gasteiger partial charge is 0.378 e. The third kappa shape index (κ3) is 3.90. The van der Waals surface area contributed by atoms with Crippen molar-refractivity contribution in [3.05, 3.63) is 30.9 Å². The second kappa shape index (κ2) is 8.10. The van der Waals surface area contributed by atoms with E-state index in [2.05, 4.69) is 43.7 Å². The predicted molar refractivity (Wildman–Crippen MR) is 116 cm³/mol. The Balaban J connectivity index is 1.25. The van der Waals surface area contributed by atoms with Crippen LogP contribution in [0.4, 0.5) is 17.6 Å². The van der Waals surface area contributed by atoms with E-state index in [-0.39, 0.29) is 11.8 Å². The van der Waals surface area contributed by atoms with E-state index in [9.17, 15) is 4.79 Å². The minimum absolute atomic E-state index is 0.00120. The lowest BCUT2D eigenvalue weighted by Gasteiger charge is -2.41. The van der Waals surface area contributed by atoms with Crippen LogP contribution in [-0.4, -0.2) is 74.7 Å². The topological polar surface area (TPSA) is 101 Å². The van der Waals surface area contributed by atoms with Gasteiger partial charge in [0.05, 0.1) is 37.2 Å². The van der Waals surface area contributed by atoms with Crippen LogP contribution < -0.4 is 10.2 Å². The number of amides is 1. The molecule has 3 aromatic rings. The van der Waals surface area contributed by atoms with Gasteiger partial charge in [0.2, 0.25) is 11.9 Å². The molecule has 1 N–H and O–H groups in total. The summed E-state index contributed by atoms with van der Waals surface area (Å²) < 4.78 is 7.44. The maximum atomic E-state index is 12.6. The molecule has 0 aromatic carbocycles. The van der Waals surface area contributed by atoms with Crippen molar-refractivity contribution in [2.45, 2.75) is 19.9 Å². The van der Waals surface area contributed by atoms with Gasteiger partial charge in [-0.3, -0.25) is 4.79 Å². The number of aromatic nitrogens is 5. The van der Waals surface area contributed by atoms with Crippen molar-refractivity contribution >= 4 is 34.5 Å². The molecule has 3 aromatic heterocycles. The van der Waals surface area contributed by atoms with Gasteiger partial charge in [0, 0.05) is 44.5 Å². The molecule has 162 valence electrons. The number of nitrogens with one attached hydrogen (secondary N) is 1. The van der Waals surface area contributed by atoms with Crippen molar-refractivity contribution in [2.75, 3.05) is 49.6 Å². The Kier molecular flexibility index (Phi) is 5.14. The number of imidazole rings is 1. The lowest BCUT2D eigenvalue weighted by Crippen LogP contribution is -2.56. The van der Waals surface area contributed by atoms with Crippen LogP contribution in [0.5, 0.6) is 0 Å². The number of hydrogen-bond acceptors (Lipinski definition) is 8. The summed E-state index contributed by atoms with van der Waals surface area (Å²) in [6.45, 7) is 8.12. The van der Waals surface area contributed by atoms with Crippen LogP contribution in [0.25, 0.3) is 11.0 Å². The SMILES string of the molecule is CC(C)n1cnc2cnc(Nc3ccnc(N4CC(C(=O)N5CCOCC5)C4)n3)cc21. The Bertz CT molecular complexity index is 1090. The zero-order chi connectivity index (χ0) is 21.4. The van der Waals surface area contributed by atoms with E-state index in [1.54, 1.807) is 12.4 Å². The second-order valence-corrected chi connectivity index (χ2v) is 8.21. The van der Waals surface area contributed by atoms with Crippen LogP contribution in [-0.2, 0) is 9.53 Å². The standard InChI is InChI=1S/C21H26N8O2/c1-14(2)29-13-24-16-10-23-19(9-17(16)29)25-18-3-4-22-21(26-18)28-11-15(12-28)20(30)27-5-7-31-8-6-27/h3-4,9-10,13-15H,5-8,11-12H2,1-2H3,(H,22,23,25,26). The first-order chi connectivity index (χ1) is 15.1. The molecular weight excluding hydrogens is 396 g/mol. The molecule has 1 amide bonds. The molecule has 31 heavy (non-hydrogen) atoms. The summed E-state index contributed by atoms with van der Waals surface area (Å²) >= 11 is 0. The maximum absolute atomic E-state index is 12.6. The first-order valence-electron chi connectivity index (χ1n) is 10.6. The third-order valence-corrected chi connectivity index (χ3v) is 5.75. The Morgan fingerprint density at radius 3 is 2.74 bits per heavy atom. The zero-order valence-electron chi connectivity index (χ0n) is 17.7. The average Bonchev–Trinajstić information content (AvgIpc) is 3.17. The quantitative estimate of drug-likeness (QED) is 0.665. The number of rotatable bonds is 5. The number of ether oxygens (including phenoxy) is 1. The molecule has 5 heterocycles. The van der Waals surface area contributed by atoms with Gasteiger partial charge in [0.25, 0.3) is 0 Å². The highest BCUT2D eigenvalue weighted by molar-refractivity contribution is 5.82. The molecule has 0 spiro atoms. The van der Waals surface area contributed by atoms with Gasteiger partial charge in [-0.05, 0) is 19.9 Å². The fourth-order valence-corrected chi connectivity index (χ4v) is 3.95. The summed E-state index contributed by atoms with van der Waals surface area (Å²) in [4.78, 5) is 34.4. The monoisotopic (exact) mass is 422 g/mol. The lowest BCUT2D eigenvalue weighted by atomic mass is 9.99. The lowest BCUT2D eigenvalue weighted by molar-refractivity contribution is -0.140. The Labute approximate surface area is 180 Å². The molecule has 0 radical (unpaired) electrons. The van der Waals surface area contributed by atoms with Crippen molar-refractivity contribution in [1.82, 2.24) is 29.4 Å². The van der Waals surface area contributed by atoms with Crippen LogP contribution >= 0.6 is 0 Å². The highest BCUT2D eigenvalue weighted by Gasteiger charge is 2.37. The molecule has 0 aliphatic carbocycles. The summed E-state index contributed by atoms with van der Waals surface area (Å²) in [5, 5.41) is 3.26. The van der Waals surface area contributed by atoms with Crippen LogP contribution in [0, 0.1) is 5.92 Å². The number of fused-ring (bicyclic) bond motifs is 1. The van der Waals surface area contributed by atoms with E-state index in [1.807, 2.05) is 28.3 Å². The van der Waals surface area contributed by atoms with E-state index in [0.29, 0.717) is 63.0 Å². The van der Waals surface area contributed by atoms with Gasteiger partial charge in [-0.2, -0.15) is 4.98 Å². The number of hydrogen-bond donors (Lipinski definition) is 1. The fraction of sp³-hybridized carbons (Fsp3) is 0.476. The van der Waals surface area contributed by atoms with Crippen molar-refractivity contribution in [3.63, 3.8) is 0 Å². The minimum Gasteiger partial charge on any atom is -0.378 e. The highest BCUT2D eigenvalue weighted by Crippen LogP contribution is 2.25. The van der Waals surface area contributed by atoms with Crippen molar-refractivity contribution < 1.29 is 9.53 Å². The number of morpholine rings is 1. The maximum Gasteiger partial charge on any atom is 0.229 e. The van der Waals surface area contributed by atoms with Gasteiger partial charge < -0.3 is 24.4 Å². The number of pyridine rings is 1. The summed E-state index contributed by atoms with van der Waals surface area (Å²) in [6.07, 6.45) is 5.32. The molecule has 10 nitrogen and oxygen atoms in total. The molecule has 2 aliphatic rings. The number of anilines is 3. The molecule has 2 fully saturated rings. The van der Waals surface area contributed by atoms with Gasteiger partial charge in [-0.25, -0.2) is 15.0 Å². The second-order valence-electron chi connectivity index (χ2n) is 8.21. The smallest absolute Gasteiger partial charge is 0.229 e. The van der Waals surface area contributed by atoms with Gasteiger partial charge in [-0.1, -0.05) is 0 Å². The molecular formula is C21H26N8O2. The molecule has 0 saturated carbocycles. The van der Waals surface area contributed by atoms with Gasteiger partial charge >= 0.3 is 0 Å². The van der Waals surface area contributed by atoms with E-state index in [1.165, 1.54) is 0 Å². The summed E-state index contributed by atoms with van der Waals surface area (Å²) in [6, 6.07) is 4.10. The van der Waals surface area contributed by atoms with Crippen molar-refractivity contribution in [1.29, 1.82) is 0 Å². The molecule has 5 rings (SSSR count). The average molecular weight is 422 g/mol. The van der Waals surface area contributed by atoms with E-state index < -0.39 is 0 Å². The fourth-order valence-electron chi connectivity index (χ4n) is 3.95. The summed E-state index contributed by atoms with van der Waals surface area (Å²) in [5.74, 6) is 2.18. The predicted octanol–water partition coefficient (Wildman–Crippen LogP) is 1.84. The van der Waals surface area contributed by atoms with E-state index >= 15 is 0 Å². The molecule has 2 saturated heterocycles. The van der Waals surface area contributed by atoms with Crippen molar-refractivity contribution in [2.24, 2.45) is 5.92 Å². The van der Waals surface area contributed by atoms with Gasteiger partial charge in [-0.15, -0.1) is 0 Å². The number of carbonyl (C=O) groups is 1. The van der Waals surface area contributed by atoms with Gasteiger partial charge in [0.1, 0.15) is 17.2 Å². The summed E-state index contributed by atoms with van der Waals surface area (Å²) in [7, 11) is 0. The molecule has 0 unspecified atom stereocenters. The number of nitrogens with zero attached hydrogens (tertiary/aromatic N) is 7. The highest BCUT2D eigenvalue weighted by atomic mass is 16.5. The molecule has 0 atom stereocenters. The minimum atomic E-state index is -0.00120. The Morgan fingerprint density at radius 1 is 1.16 bits per heavy atom. The van der Waals surface area contributed by atoms with Crippen LogP contribution in [0.3, 0.4) is 0 Å². The third-order valence-electron chi connectivity index (χ3n) is 5.75. The number of carbonyl (C=O) groups excluding carboxylic acids is 1. The Morgan fingerprint density at radius 2 is 1.97 bits per heavy atom. The van der Waals surface area contributed by atoms with Gasteiger partial charge in [0.15, 0.2) is 0 Å². The summed E-state index contributed by atoms with van der Waals surface area (Å²) in [5.41, 5.74) is 1.88. The van der Waals surface area contributed by atoms with Crippen molar-refractivity contribution in [3.8, 4) is 0 Å². The normalized spacial score (nSPS) is 17.3. The Hall–Kier alpha value is -3.27. The van der Waals surface area contributed by atoms with Crippen LogP contribution in [0.15, 0.2) is 30.9 Å². The van der Waals surface area contributed by atoms with Crippen LogP contribution in [0.1, 0.15) is 19.9 Å². The van der Waals surface area contributed by atoms with Crippen LogP contribution in [0.2, 0.25) is 0 Å². The molecule has 10 heteroatoms. The van der Waals surface area contributed by atoms with E-state index in [4.69, 9.17) is 4.74 Å². The molecule has 0 bridgehead atoms. The first kappa shape index (κ1) is 19.7. The zero-order valence-corrected chi connectivity index (χ0v) is 17.7. The first-order valence-corrected chi connectivity index (χ1v) is 10.6. The molecule has 2 aliphatic heterocycles. The van der Waals surface area contributed by atoms with E-state index in [0.717, 1.165) is 11.0 Å².